The molecule has 9 atom stereocenters. The smallest absolute Gasteiger partial charge is 0.249 e. The van der Waals surface area contributed by atoms with E-state index in [4.69, 9.17) is 9.47 Å². The zero-order chi connectivity index (χ0) is 43.4. The monoisotopic (exact) mass is 844 g/mol. The number of carbonyl (C=O) groups excluding carboxylic acids is 1. The molecule has 0 saturated carbocycles. The van der Waals surface area contributed by atoms with Crippen LogP contribution in [0, 0.1) is 0 Å². The fraction of sp³-hybridized carbons (Fsp3) is 0.938. The van der Waals surface area contributed by atoms with Gasteiger partial charge in [-0.2, -0.15) is 0 Å². The molecule has 0 bridgehead atoms. The van der Waals surface area contributed by atoms with Crippen LogP contribution in [0.4, 0.5) is 0 Å². The molecule has 0 aromatic carbocycles. The van der Waals surface area contributed by atoms with E-state index in [1.807, 2.05) is 0 Å². The molecule has 350 valence electrons. The molecule has 0 radical (unpaired) electrons. The van der Waals surface area contributed by atoms with Crippen molar-refractivity contribution in [2.45, 2.75) is 274 Å². The molecule has 1 aliphatic rings. The van der Waals surface area contributed by atoms with E-state index >= 15 is 0 Å². The van der Waals surface area contributed by atoms with Crippen molar-refractivity contribution in [3.05, 3.63) is 12.2 Å². The normalized spacial score (nSPS) is 21.8. The van der Waals surface area contributed by atoms with Crippen molar-refractivity contribution >= 4 is 5.91 Å². The van der Waals surface area contributed by atoms with E-state index in [2.05, 4.69) is 31.3 Å². The summed E-state index contributed by atoms with van der Waals surface area (Å²) in [5.74, 6) is -0.697. The number of ether oxygens (including phenoxy) is 2. The summed E-state index contributed by atoms with van der Waals surface area (Å²) in [6.45, 7) is 3.44. The van der Waals surface area contributed by atoms with Gasteiger partial charge in [-0.3, -0.25) is 4.79 Å². The van der Waals surface area contributed by atoms with Crippen LogP contribution in [-0.2, 0) is 14.3 Å². The third kappa shape index (κ3) is 28.2. The van der Waals surface area contributed by atoms with E-state index in [9.17, 15) is 40.5 Å². The Morgan fingerprint density at radius 2 is 0.983 bits per heavy atom. The van der Waals surface area contributed by atoms with Crippen molar-refractivity contribution in [1.29, 1.82) is 0 Å². The van der Waals surface area contributed by atoms with Crippen molar-refractivity contribution < 1.29 is 50.0 Å². The predicted molar refractivity (Wildman–Crippen MR) is 238 cm³/mol. The fourth-order valence-corrected chi connectivity index (χ4v) is 7.96. The Bertz CT molecular complexity index is 970. The quantitative estimate of drug-likeness (QED) is 0.0219. The topological polar surface area (TPSA) is 189 Å². The summed E-state index contributed by atoms with van der Waals surface area (Å²) in [5.41, 5.74) is 0. The summed E-state index contributed by atoms with van der Waals surface area (Å²) in [7, 11) is 0. The van der Waals surface area contributed by atoms with Gasteiger partial charge in [0.1, 0.15) is 36.6 Å². The van der Waals surface area contributed by atoms with Gasteiger partial charge >= 0.3 is 0 Å². The molecule has 1 heterocycles. The Morgan fingerprint density at radius 1 is 0.576 bits per heavy atom. The van der Waals surface area contributed by atoms with Gasteiger partial charge in [0.2, 0.25) is 5.91 Å². The second-order valence-corrected chi connectivity index (χ2v) is 17.5. The number of amides is 1. The minimum Gasteiger partial charge on any atom is -0.394 e. The van der Waals surface area contributed by atoms with Crippen molar-refractivity contribution in [3.63, 3.8) is 0 Å². The third-order valence-corrected chi connectivity index (χ3v) is 12.1. The van der Waals surface area contributed by atoms with E-state index in [-0.39, 0.29) is 6.42 Å². The van der Waals surface area contributed by atoms with Crippen LogP contribution in [0.3, 0.4) is 0 Å². The highest BCUT2D eigenvalue weighted by atomic mass is 16.7. The van der Waals surface area contributed by atoms with Crippen LogP contribution in [0.5, 0.6) is 0 Å². The summed E-state index contributed by atoms with van der Waals surface area (Å²) in [6, 6.07) is -1.16. The van der Waals surface area contributed by atoms with Gasteiger partial charge in [-0.1, -0.05) is 193 Å². The molecular weight excluding hydrogens is 751 g/mol. The number of aliphatic hydroxyl groups is 7. The Balaban J connectivity index is 2.40. The summed E-state index contributed by atoms with van der Waals surface area (Å²) in [6.07, 6.45) is 29.7. The number of nitrogens with one attached hydrogen (secondary N) is 1. The number of hydrogen-bond acceptors (Lipinski definition) is 10. The molecule has 1 fully saturated rings. The number of hydrogen-bond donors (Lipinski definition) is 8. The average Bonchev–Trinajstić information content (AvgIpc) is 3.23. The molecule has 1 aliphatic heterocycles. The number of allylic oxidation sites excluding steroid dienone is 2. The van der Waals surface area contributed by atoms with E-state index in [1.165, 1.54) is 141 Å². The second-order valence-electron chi connectivity index (χ2n) is 17.5. The van der Waals surface area contributed by atoms with E-state index in [0.29, 0.717) is 19.3 Å². The van der Waals surface area contributed by atoms with Gasteiger partial charge in [-0.15, -0.1) is 0 Å². The third-order valence-electron chi connectivity index (χ3n) is 12.1. The van der Waals surface area contributed by atoms with Gasteiger partial charge in [0.25, 0.3) is 0 Å². The van der Waals surface area contributed by atoms with Gasteiger partial charge in [-0.05, 0) is 38.5 Å². The molecule has 0 aromatic rings. The Morgan fingerprint density at radius 3 is 1.42 bits per heavy atom. The standard InChI is InChI=1S/C48H93NO10/c1-3-5-7-9-11-13-15-17-18-19-20-21-22-24-26-28-30-32-34-36-41(52)47(57)49-39(38-58-48-46(56)45(55)44(54)42(37-50)59-48)43(53)40(51)35-33-31-29-27-25-23-16-14-12-10-8-6-4-2/h17-18,39-46,48,50-56H,3-16,19-38H2,1-2H3,(H,49,57)/b18-17-/t39-,40+,41+,42+,43-,44+,45-,46+,48+/m0/s1. The van der Waals surface area contributed by atoms with Crippen molar-refractivity contribution in [3.8, 4) is 0 Å². The number of carbonyl (C=O) groups is 1. The molecule has 59 heavy (non-hydrogen) atoms. The first-order valence-electron chi connectivity index (χ1n) is 24.6. The molecule has 0 spiro atoms. The average molecular weight is 844 g/mol. The lowest BCUT2D eigenvalue weighted by atomic mass is 9.98. The minimum atomic E-state index is -1.66. The highest BCUT2D eigenvalue weighted by Crippen LogP contribution is 2.23. The molecule has 1 amide bonds. The minimum absolute atomic E-state index is 0.260. The summed E-state index contributed by atoms with van der Waals surface area (Å²) < 4.78 is 11.1. The van der Waals surface area contributed by atoms with Crippen LogP contribution in [0.1, 0.15) is 219 Å². The zero-order valence-electron chi connectivity index (χ0n) is 37.7. The van der Waals surface area contributed by atoms with E-state index in [1.54, 1.807) is 0 Å². The lowest BCUT2D eigenvalue weighted by molar-refractivity contribution is -0.303. The number of unbranched alkanes of at least 4 members (excludes halogenated alkanes) is 27. The highest BCUT2D eigenvalue weighted by Gasteiger charge is 2.44. The highest BCUT2D eigenvalue weighted by molar-refractivity contribution is 5.80. The lowest BCUT2D eigenvalue weighted by Crippen LogP contribution is -2.60. The fourth-order valence-electron chi connectivity index (χ4n) is 7.96. The van der Waals surface area contributed by atoms with Crippen LogP contribution in [0.25, 0.3) is 0 Å². The summed E-state index contributed by atoms with van der Waals surface area (Å²) >= 11 is 0. The second kappa shape index (κ2) is 38.5. The lowest BCUT2D eigenvalue weighted by Gasteiger charge is -2.40. The number of aliphatic hydroxyl groups excluding tert-OH is 7. The van der Waals surface area contributed by atoms with Gasteiger partial charge in [0.05, 0.1) is 25.4 Å². The molecule has 1 rings (SSSR count). The summed E-state index contributed by atoms with van der Waals surface area (Å²) in [5, 5.41) is 75.7. The molecule has 11 heteroatoms. The first-order valence-corrected chi connectivity index (χ1v) is 24.6. The molecule has 8 N–H and O–H groups in total. The van der Waals surface area contributed by atoms with Gasteiger partial charge in [-0.25, -0.2) is 0 Å². The van der Waals surface area contributed by atoms with Crippen LogP contribution in [0.2, 0.25) is 0 Å². The molecule has 0 unspecified atom stereocenters. The van der Waals surface area contributed by atoms with Crippen molar-refractivity contribution in [2.24, 2.45) is 0 Å². The molecular formula is C48H93NO10. The first kappa shape index (κ1) is 55.9. The van der Waals surface area contributed by atoms with Gasteiger partial charge in [0, 0.05) is 0 Å². The predicted octanol–water partition coefficient (Wildman–Crippen LogP) is 8.45. The van der Waals surface area contributed by atoms with E-state index in [0.717, 1.165) is 38.5 Å². The molecule has 0 aliphatic carbocycles. The molecule has 11 nitrogen and oxygen atoms in total. The Kier molecular flexibility index (Phi) is 36.5. The molecule has 1 saturated heterocycles. The van der Waals surface area contributed by atoms with E-state index < -0.39 is 74.2 Å². The first-order chi connectivity index (χ1) is 28.7. The zero-order valence-corrected chi connectivity index (χ0v) is 37.7. The largest absolute Gasteiger partial charge is 0.394 e. The van der Waals surface area contributed by atoms with Crippen molar-refractivity contribution in [1.82, 2.24) is 5.32 Å². The Labute approximate surface area is 360 Å². The molecule has 0 aromatic heterocycles. The maximum atomic E-state index is 13.1. The van der Waals surface area contributed by atoms with Crippen LogP contribution < -0.4 is 5.32 Å². The number of rotatable bonds is 41. The summed E-state index contributed by atoms with van der Waals surface area (Å²) in [4.78, 5) is 13.1. The van der Waals surface area contributed by atoms with Gasteiger partial charge in [0.15, 0.2) is 6.29 Å². The maximum absolute atomic E-state index is 13.1. The SMILES string of the molecule is CCCCCCCC/C=C\CCCCCCCCCCC[C@@H](O)C(=O)N[C@@H](CO[C@@H]1O[C@H](CO)[C@@H](O)[C@H](O)[C@H]1O)[C@H](O)[C@H](O)CCCCCCCCCCCCCCC. The van der Waals surface area contributed by atoms with Crippen LogP contribution in [0.15, 0.2) is 12.2 Å². The van der Waals surface area contributed by atoms with Crippen LogP contribution in [-0.4, -0.2) is 110 Å². The van der Waals surface area contributed by atoms with Crippen molar-refractivity contribution in [2.75, 3.05) is 13.2 Å². The van der Waals surface area contributed by atoms with Gasteiger partial charge < -0.3 is 50.5 Å². The Hall–Kier alpha value is -1.15. The maximum Gasteiger partial charge on any atom is 0.249 e. The van der Waals surface area contributed by atoms with Crippen LogP contribution >= 0.6 is 0 Å².